The summed E-state index contributed by atoms with van der Waals surface area (Å²) in [6, 6.07) is 20.7. The van der Waals surface area contributed by atoms with Gasteiger partial charge in [-0.05, 0) is 30.4 Å². The molecule has 1 aliphatic carbocycles. The normalized spacial score (nSPS) is 25.8. The second-order valence-corrected chi connectivity index (χ2v) is 5.58. The highest BCUT2D eigenvalue weighted by molar-refractivity contribution is 5.28. The number of aliphatic hydroxyl groups is 1. The zero-order valence-electron chi connectivity index (χ0n) is 11.6. The molecule has 0 unspecified atom stereocenters. The average molecular weight is 267 g/mol. The van der Waals surface area contributed by atoms with E-state index >= 15 is 0 Å². The van der Waals surface area contributed by atoms with Crippen LogP contribution >= 0.6 is 0 Å². The minimum atomic E-state index is -0.311. The highest BCUT2D eigenvalue weighted by Gasteiger charge is 2.42. The minimum Gasteiger partial charge on any atom is -0.391 e. The van der Waals surface area contributed by atoms with Gasteiger partial charge in [0.05, 0.1) is 11.6 Å². The van der Waals surface area contributed by atoms with Crippen molar-refractivity contribution in [2.24, 2.45) is 0 Å². The SMILES string of the molecule is O[C@H]1CCC[C@@]1(NCc1ccccc1)c1ccccc1. The summed E-state index contributed by atoms with van der Waals surface area (Å²) in [6.45, 7) is 0.785. The molecule has 2 heteroatoms. The Labute approximate surface area is 120 Å². The van der Waals surface area contributed by atoms with Crippen LogP contribution in [0, 0.1) is 0 Å². The molecule has 2 aromatic carbocycles. The van der Waals surface area contributed by atoms with E-state index in [1.807, 2.05) is 24.3 Å². The molecule has 0 aliphatic heterocycles. The summed E-state index contributed by atoms with van der Waals surface area (Å²) in [7, 11) is 0. The van der Waals surface area contributed by atoms with Crippen molar-refractivity contribution in [1.82, 2.24) is 5.32 Å². The molecule has 104 valence electrons. The molecule has 1 fully saturated rings. The second-order valence-electron chi connectivity index (χ2n) is 5.58. The van der Waals surface area contributed by atoms with E-state index in [1.54, 1.807) is 0 Å². The fourth-order valence-corrected chi connectivity index (χ4v) is 3.22. The van der Waals surface area contributed by atoms with Crippen molar-refractivity contribution < 1.29 is 5.11 Å². The summed E-state index contributed by atoms with van der Waals surface area (Å²) in [5.74, 6) is 0. The van der Waals surface area contributed by atoms with Crippen molar-refractivity contribution in [3.63, 3.8) is 0 Å². The molecule has 2 atom stereocenters. The summed E-state index contributed by atoms with van der Waals surface area (Å²) in [5.41, 5.74) is 2.15. The molecule has 0 heterocycles. The molecule has 20 heavy (non-hydrogen) atoms. The van der Waals surface area contributed by atoms with E-state index in [2.05, 4.69) is 41.7 Å². The molecule has 0 aromatic heterocycles. The summed E-state index contributed by atoms with van der Waals surface area (Å²) < 4.78 is 0. The van der Waals surface area contributed by atoms with Gasteiger partial charge in [-0.2, -0.15) is 0 Å². The first-order valence-electron chi connectivity index (χ1n) is 7.34. The van der Waals surface area contributed by atoms with E-state index < -0.39 is 0 Å². The Morgan fingerprint density at radius 3 is 2.25 bits per heavy atom. The molecule has 0 radical (unpaired) electrons. The van der Waals surface area contributed by atoms with Crippen molar-refractivity contribution in [2.45, 2.75) is 37.5 Å². The second kappa shape index (κ2) is 5.78. The maximum Gasteiger partial charge on any atom is 0.0763 e. The molecule has 2 nitrogen and oxygen atoms in total. The van der Waals surface area contributed by atoms with Crippen molar-refractivity contribution in [3.05, 3.63) is 71.8 Å². The monoisotopic (exact) mass is 267 g/mol. The molecule has 2 N–H and O–H groups in total. The van der Waals surface area contributed by atoms with Gasteiger partial charge in [0.1, 0.15) is 0 Å². The zero-order valence-corrected chi connectivity index (χ0v) is 11.6. The first kappa shape index (κ1) is 13.3. The summed E-state index contributed by atoms with van der Waals surface area (Å²) >= 11 is 0. The van der Waals surface area contributed by atoms with Crippen molar-refractivity contribution in [1.29, 1.82) is 0 Å². The van der Waals surface area contributed by atoms with Gasteiger partial charge in [0.15, 0.2) is 0 Å². The van der Waals surface area contributed by atoms with Gasteiger partial charge in [-0.1, -0.05) is 60.7 Å². The Balaban J connectivity index is 1.84. The highest BCUT2D eigenvalue weighted by atomic mass is 16.3. The fraction of sp³-hybridized carbons (Fsp3) is 0.333. The number of hydrogen-bond donors (Lipinski definition) is 2. The summed E-state index contributed by atoms with van der Waals surface area (Å²) in [4.78, 5) is 0. The van der Waals surface area contributed by atoms with Crippen molar-refractivity contribution in [3.8, 4) is 0 Å². The van der Waals surface area contributed by atoms with Crippen LogP contribution in [0.1, 0.15) is 30.4 Å². The maximum absolute atomic E-state index is 10.5. The quantitative estimate of drug-likeness (QED) is 0.891. The van der Waals surface area contributed by atoms with Crippen LogP contribution in [-0.2, 0) is 12.1 Å². The average Bonchev–Trinajstić information content (AvgIpc) is 2.89. The van der Waals surface area contributed by atoms with E-state index in [9.17, 15) is 5.11 Å². The van der Waals surface area contributed by atoms with Crippen LogP contribution in [0.4, 0.5) is 0 Å². The number of hydrogen-bond acceptors (Lipinski definition) is 2. The smallest absolute Gasteiger partial charge is 0.0763 e. The number of benzene rings is 2. The van der Waals surface area contributed by atoms with Gasteiger partial charge in [0.25, 0.3) is 0 Å². The van der Waals surface area contributed by atoms with Crippen LogP contribution in [0.25, 0.3) is 0 Å². The number of nitrogens with one attached hydrogen (secondary N) is 1. The Morgan fingerprint density at radius 1 is 1.00 bits per heavy atom. The van der Waals surface area contributed by atoms with Crippen LogP contribution in [0.5, 0.6) is 0 Å². The lowest BCUT2D eigenvalue weighted by Gasteiger charge is -2.35. The van der Waals surface area contributed by atoms with Gasteiger partial charge < -0.3 is 10.4 Å². The predicted molar refractivity (Wildman–Crippen MR) is 81.3 cm³/mol. The van der Waals surface area contributed by atoms with Gasteiger partial charge in [0, 0.05) is 6.54 Å². The standard InChI is InChI=1S/C18H21NO/c20-17-12-7-13-18(17,16-10-5-2-6-11-16)19-14-15-8-3-1-4-9-15/h1-6,8-11,17,19-20H,7,12-14H2/t17-,18+/m0/s1. The van der Waals surface area contributed by atoms with E-state index in [4.69, 9.17) is 0 Å². The highest BCUT2D eigenvalue weighted by Crippen LogP contribution is 2.39. The van der Waals surface area contributed by atoms with Crippen LogP contribution in [0.2, 0.25) is 0 Å². The Hall–Kier alpha value is -1.64. The number of aliphatic hydroxyl groups excluding tert-OH is 1. The molecule has 1 aliphatic rings. The van der Waals surface area contributed by atoms with Crippen LogP contribution < -0.4 is 5.32 Å². The van der Waals surface area contributed by atoms with E-state index in [1.165, 1.54) is 11.1 Å². The third-order valence-corrected chi connectivity index (χ3v) is 4.36. The van der Waals surface area contributed by atoms with E-state index in [0.717, 1.165) is 25.8 Å². The van der Waals surface area contributed by atoms with Crippen molar-refractivity contribution in [2.75, 3.05) is 0 Å². The molecule has 2 aromatic rings. The van der Waals surface area contributed by atoms with Gasteiger partial charge in [0.2, 0.25) is 0 Å². The Kier molecular flexibility index (Phi) is 3.86. The maximum atomic E-state index is 10.5. The molecule has 0 bridgehead atoms. The topological polar surface area (TPSA) is 32.3 Å². The largest absolute Gasteiger partial charge is 0.391 e. The van der Waals surface area contributed by atoms with Crippen LogP contribution in [0.15, 0.2) is 60.7 Å². The van der Waals surface area contributed by atoms with Gasteiger partial charge in [-0.25, -0.2) is 0 Å². The third kappa shape index (κ3) is 2.49. The lowest BCUT2D eigenvalue weighted by Crippen LogP contribution is -2.47. The number of rotatable bonds is 4. The molecule has 0 spiro atoms. The molecule has 3 rings (SSSR count). The first-order valence-corrected chi connectivity index (χ1v) is 7.34. The molecular formula is C18H21NO. The first-order chi connectivity index (χ1) is 9.81. The summed E-state index contributed by atoms with van der Waals surface area (Å²) in [5, 5.41) is 14.1. The minimum absolute atomic E-state index is 0.295. The predicted octanol–water partition coefficient (Wildman–Crippen LogP) is 3.22. The van der Waals surface area contributed by atoms with Crippen LogP contribution in [-0.4, -0.2) is 11.2 Å². The lowest BCUT2D eigenvalue weighted by molar-refractivity contribution is 0.0823. The van der Waals surface area contributed by atoms with E-state index in [0.29, 0.717) is 0 Å². The van der Waals surface area contributed by atoms with Crippen LogP contribution in [0.3, 0.4) is 0 Å². The van der Waals surface area contributed by atoms with E-state index in [-0.39, 0.29) is 11.6 Å². The molecule has 0 saturated heterocycles. The third-order valence-electron chi connectivity index (χ3n) is 4.36. The molecule has 0 amide bonds. The Bertz CT molecular complexity index is 540. The molecular weight excluding hydrogens is 246 g/mol. The molecule has 1 saturated carbocycles. The zero-order chi connectivity index (χ0) is 13.8. The lowest BCUT2D eigenvalue weighted by atomic mass is 9.86. The van der Waals surface area contributed by atoms with Crippen molar-refractivity contribution >= 4 is 0 Å². The van der Waals surface area contributed by atoms with Gasteiger partial charge >= 0.3 is 0 Å². The van der Waals surface area contributed by atoms with Gasteiger partial charge in [-0.3, -0.25) is 0 Å². The Morgan fingerprint density at radius 2 is 1.65 bits per heavy atom. The summed E-state index contributed by atoms with van der Waals surface area (Å²) in [6.07, 6.45) is 2.62. The fourth-order valence-electron chi connectivity index (χ4n) is 3.22. The van der Waals surface area contributed by atoms with Gasteiger partial charge in [-0.15, -0.1) is 0 Å².